The molecule has 0 bridgehead atoms. The molecule has 1 heterocycles. The summed E-state index contributed by atoms with van der Waals surface area (Å²) in [5.74, 6) is -1.96. The molecule has 1 aliphatic carbocycles. The summed E-state index contributed by atoms with van der Waals surface area (Å²) in [6, 6.07) is -0.557. The van der Waals surface area contributed by atoms with Gasteiger partial charge < -0.3 is 5.11 Å². The van der Waals surface area contributed by atoms with Crippen LogP contribution in [0, 0.1) is 11.8 Å². The van der Waals surface area contributed by atoms with Crippen LogP contribution in [0.15, 0.2) is 12.2 Å². The van der Waals surface area contributed by atoms with Gasteiger partial charge in [-0.25, -0.2) is 0 Å². The van der Waals surface area contributed by atoms with Gasteiger partial charge in [0.1, 0.15) is 0 Å². The molecule has 1 aliphatic heterocycles. The molecule has 5 heteroatoms. The number of rotatable bonds is 3. The molecule has 1 saturated heterocycles. The Balaban J connectivity index is 2.17. The van der Waals surface area contributed by atoms with E-state index in [-0.39, 0.29) is 30.1 Å². The van der Waals surface area contributed by atoms with E-state index in [0.717, 1.165) is 4.90 Å². The number of imide groups is 1. The molecule has 0 aromatic rings. The molecule has 1 N–H and O–H groups in total. The number of carboxylic acid groups (broad SMARTS) is 1. The summed E-state index contributed by atoms with van der Waals surface area (Å²) in [5, 5.41) is 8.71. The van der Waals surface area contributed by atoms with Crippen LogP contribution in [0.3, 0.4) is 0 Å². The highest BCUT2D eigenvalue weighted by molar-refractivity contribution is 6.05. The number of carbonyl (C=O) groups excluding carboxylic acids is 2. The van der Waals surface area contributed by atoms with Gasteiger partial charge in [-0.15, -0.1) is 0 Å². The summed E-state index contributed by atoms with van der Waals surface area (Å²) < 4.78 is 0. The van der Waals surface area contributed by atoms with E-state index in [1.807, 2.05) is 12.2 Å². The lowest BCUT2D eigenvalue weighted by Crippen LogP contribution is -2.40. The van der Waals surface area contributed by atoms with Crippen molar-refractivity contribution in [2.45, 2.75) is 32.2 Å². The van der Waals surface area contributed by atoms with Crippen molar-refractivity contribution in [1.82, 2.24) is 4.90 Å². The predicted octanol–water partition coefficient (Wildman–Crippen LogP) is 0.801. The standard InChI is InChI=1S/C12H15NO4/c1-7(6-10(14)15)13-11(16)8-4-2-3-5-9(8)12(13)17/h2-3,7-9H,4-6H2,1H3,(H,14,15). The fourth-order valence-corrected chi connectivity index (χ4v) is 2.60. The molecule has 0 aromatic heterocycles. The number of likely N-dealkylation sites (tertiary alicyclic amines) is 1. The molecule has 0 aromatic carbocycles. The number of allylic oxidation sites excluding steroid dienone is 2. The van der Waals surface area contributed by atoms with E-state index in [2.05, 4.69) is 0 Å². The molecular formula is C12H15NO4. The second kappa shape index (κ2) is 4.31. The summed E-state index contributed by atoms with van der Waals surface area (Å²) in [7, 11) is 0. The first-order chi connectivity index (χ1) is 8.02. The van der Waals surface area contributed by atoms with Crippen LogP contribution in [0.25, 0.3) is 0 Å². The van der Waals surface area contributed by atoms with Crippen LogP contribution >= 0.6 is 0 Å². The normalized spacial score (nSPS) is 29.4. The maximum absolute atomic E-state index is 12.1. The highest BCUT2D eigenvalue weighted by Crippen LogP contribution is 2.36. The van der Waals surface area contributed by atoms with Gasteiger partial charge in [-0.1, -0.05) is 12.2 Å². The SMILES string of the molecule is CC(CC(=O)O)N1C(=O)C2CC=CCC2C1=O. The van der Waals surface area contributed by atoms with Gasteiger partial charge in [0.05, 0.1) is 18.3 Å². The topological polar surface area (TPSA) is 74.7 Å². The number of carboxylic acids is 1. The quantitative estimate of drug-likeness (QED) is 0.582. The van der Waals surface area contributed by atoms with Crippen LogP contribution in [0.2, 0.25) is 0 Å². The van der Waals surface area contributed by atoms with Crippen molar-refractivity contribution >= 4 is 17.8 Å². The van der Waals surface area contributed by atoms with E-state index in [1.54, 1.807) is 6.92 Å². The molecule has 92 valence electrons. The minimum Gasteiger partial charge on any atom is -0.481 e. The van der Waals surface area contributed by atoms with Crippen molar-refractivity contribution in [2.24, 2.45) is 11.8 Å². The predicted molar refractivity (Wildman–Crippen MR) is 58.9 cm³/mol. The number of hydrogen-bond acceptors (Lipinski definition) is 3. The number of aliphatic carboxylic acids is 1. The first-order valence-electron chi connectivity index (χ1n) is 5.76. The third-order valence-electron chi connectivity index (χ3n) is 3.45. The average molecular weight is 237 g/mol. The number of nitrogens with zero attached hydrogens (tertiary/aromatic N) is 1. The summed E-state index contributed by atoms with van der Waals surface area (Å²) >= 11 is 0. The number of hydrogen-bond donors (Lipinski definition) is 1. The van der Waals surface area contributed by atoms with Gasteiger partial charge in [-0.2, -0.15) is 0 Å². The fourth-order valence-electron chi connectivity index (χ4n) is 2.60. The Kier molecular flexibility index (Phi) is 3.00. The molecule has 2 rings (SSSR count). The molecule has 0 spiro atoms. The first kappa shape index (κ1) is 11.8. The average Bonchev–Trinajstić information content (AvgIpc) is 2.51. The zero-order valence-electron chi connectivity index (χ0n) is 9.63. The Bertz CT molecular complexity index is 375. The molecule has 5 nitrogen and oxygen atoms in total. The smallest absolute Gasteiger partial charge is 0.305 e. The van der Waals surface area contributed by atoms with Crippen molar-refractivity contribution in [3.63, 3.8) is 0 Å². The van der Waals surface area contributed by atoms with E-state index >= 15 is 0 Å². The van der Waals surface area contributed by atoms with E-state index in [0.29, 0.717) is 12.8 Å². The highest BCUT2D eigenvalue weighted by Gasteiger charge is 2.48. The summed E-state index contributed by atoms with van der Waals surface area (Å²) in [4.78, 5) is 35.9. The van der Waals surface area contributed by atoms with Crippen LogP contribution in [0.5, 0.6) is 0 Å². The summed E-state index contributed by atoms with van der Waals surface area (Å²) in [6.45, 7) is 1.61. The molecule has 2 aliphatic rings. The van der Waals surface area contributed by atoms with Crippen molar-refractivity contribution in [1.29, 1.82) is 0 Å². The van der Waals surface area contributed by atoms with E-state index in [1.165, 1.54) is 0 Å². The molecule has 17 heavy (non-hydrogen) atoms. The van der Waals surface area contributed by atoms with E-state index < -0.39 is 12.0 Å². The van der Waals surface area contributed by atoms with Crippen molar-refractivity contribution in [3.05, 3.63) is 12.2 Å². The van der Waals surface area contributed by atoms with Crippen LogP contribution in [0.4, 0.5) is 0 Å². The minimum atomic E-state index is -0.994. The first-order valence-corrected chi connectivity index (χ1v) is 5.76. The van der Waals surface area contributed by atoms with Crippen molar-refractivity contribution in [3.8, 4) is 0 Å². The zero-order valence-corrected chi connectivity index (χ0v) is 9.63. The van der Waals surface area contributed by atoms with Gasteiger partial charge in [0, 0.05) is 6.04 Å². The largest absolute Gasteiger partial charge is 0.481 e. The molecule has 0 radical (unpaired) electrons. The van der Waals surface area contributed by atoms with Crippen molar-refractivity contribution < 1.29 is 19.5 Å². The Labute approximate surface area is 99.1 Å². The minimum absolute atomic E-state index is 0.190. The second-order valence-electron chi connectivity index (χ2n) is 4.65. The maximum atomic E-state index is 12.1. The van der Waals surface area contributed by atoms with Crippen LogP contribution in [-0.4, -0.2) is 33.8 Å². The third kappa shape index (κ3) is 1.97. The summed E-state index contributed by atoms with van der Waals surface area (Å²) in [6.07, 6.45) is 4.82. The third-order valence-corrected chi connectivity index (χ3v) is 3.45. The molecule has 0 saturated carbocycles. The Morgan fingerprint density at radius 3 is 2.24 bits per heavy atom. The van der Waals surface area contributed by atoms with Gasteiger partial charge in [0.2, 0.25) is 11.8 Å². The maximum Gasteiger partial charge on any atom is 0.305 e. The summed E-state index contributed by atoms with van der Waals surface area (Å²) in [5.41, 5.74) is 0. The van der Waals surface area contributed by atoms with Crippen molar-refractivity contribution in [2.75, 3.05) is 0 Å². The fraction of sp³-hybridized carbons (Fsp3) is 0.583. The number of amides is 2. The van der Waals surface area contributed by atoms with E-state index in [9.17, 15) is 14.4 Å². The lowest BCUT2D eigenvalue weighted by atomic mass is 9.85. The van der Waals surface area contributed by atoms with Crippen LogP contribution in [-0.2, 0) is 14.4 Å². The van der Waals surface area contributed by atoms with Gasteiger partial charge in [0.25, 0.3) is 0 Å². The van der Waals surface area contributed by atoms with Gasteiger partial charge in [-0.3, -0.25) is 19.3 Å². The van der Waals surface area contributed by atoms with Gasteiger partial charge >= 0.3 is 5.97 Å². The Morgan fingerprint density at radius 2 is 1.82 bits per heavy atom. The molecule has 3 unspecified atom stereocenters. The molecular weight excluding hydrogens is 222 g/mol. The lowest BCUT2D eigenvalue weighted by Gasteiger charge is -2.21. The van der Waals surface area contributed by atoms with Crippen LogP contribution in [0.1, 0.15) is 26.2 Å². The van der Waals surface area contributed by atoms with Gasteiger partial charge in [0.15, 0.2) is 0 Å². The highest BCUT2D eigenvalue weighted by atomic mass is 16.4. The second-order valence-corrected chi connectivity index (χ2v) is 4.65. The molecule has 2 amide bonds. The zero-order chi connectivity index (χ0) is 12.6. The molecule has 1 fully saturated rings. The Hall–Kier alpha value is -1.65. The lowest BCUT2D eigenvalue weighted by molar-refractivity contribution is -0.144. The monoisotopic (exact) mass is 237 g/mol. The number of carbonyl (C=O) groups is 3. The number of fused-ring (bicyclic) bond motifs is 1. The Morgan fingerprint density at radius 1 is 1.35 bits per heavy atom. The van der Waals surface area contributed by atoms with Crippen LogP contribution < -0.4 is 0 Å². The van der Waals surface area contributed by atoms with E-state index in [4.69, 9.17) is 5.11 Å². The van der Waals surface area contributed by atoms with Gasteiger partial charge in [-0.05, 0) is 19.8 Å². The molecule has 3 atom stereocenters.